The number of carbonyl (C=O) groups is 3. The number of ether oxygens (including phenoxy) is 2. The highest BCUT2D eigenvalue weighted by Gasteiger charge is 2.16. The Morgan fingerprint density at radius 2 is 1.24 bits per heavy atom. The average molecular weight is 579 g/mol. The van der Waals surface area contributed by atoms with E-state index >= 15 is 0 Å². The van der Waals surface area contributed by atoms with Crippen LogP contribution in [0.3, 0.4) is 0 Å². The number of ketones is 1. The molecule has 0 aromatic heterocycles. The van der Waals surface area contributed by atoms with Crippen LogP contribution in [0.1, 0.15) is 156 Å². The van der Waals surface area contributed by atoms with Crippen molar-refractivity contribution in [2.24, 2.45) is 5.92 Å². The number of aliphatic hydroxyl groups excluding tert-OH is 1. The molecule has 0 bridgehead atoms. The minimum absolute atomic E-state index is 0.0942. The van der Waals surface area contributed by atoms with Gasteiger partial charge in [0.15, 0.2) is 11.9 Å². The molecule has 0 rings (SSSR count). The lowest BCUT2D eigenvalue weighted by molar-refractivity contribution is -0.161. The van der Waals surface area contributed by atoms with E-state index in [0.717, 1.165) is 83.0 Å². The first-order valence-corrected chi connectivity index (χ1v) is 16.7. The molecule has 6 nitrogen and oxygen atoms in total. The van der Waals surface area contributed by atoms with Crippen molar-refractivity contribution < 1.29 is 29.0 Å². The number of hydrogen-bond acceptors (Lipinski definition) is 6. The maximum absolute atomic E-state index is 12.1. The molecule has 0 aliphatic heterocycles. The van der Waals surface area contributed by atoms with Gasteiger partial charge in [0.2, 0.25) is 0 Å². The molecular weight excluding hydrogens is 516 g/mol. The van der Waals surface area contributed by atoms with Crippen LogP contribution in [0.15, 0.2) is 24.3 Å². The minimum Gasteiger partial charge on any atom is -0.462 e. The van der Waals surface area contributed by atoms with Crippen molar-refractivity contribution in [2.45, 2.75) is 162 Å². The van der Waals surface area contributed by atoms with Crippen LogP contribution in [0.25, 0.3) is 0 Å². The number of unbranched alkanes of at least 4 members (excludes halogenated alkanes) is 14. The Morgan fingerprint density at radius 3 is 1.85 bits per heavy atom. The standard InChI is InChI=1S/C35H62O6/c1-4-5-19-25-32(37)26-21-16-12-7-6-8-13-17-22-27-34(38)40-30-33(29-36)41-35(39)28-23-18-14-10-9-11-15-20-24-31(2)3/h12,16,21,26,31,33,36H,4-11,13-15,17-20,22-25,27-30H2,1-3H3/b16-12-,26-21+/t33-/m0/s1. The SMILES string of the molecule is CCCCCC(=O)/C=C/C=C\CCCCCCCC(=O)OC[C@H](CO)OC(=O)CCCCCCCCCCC(C)C. The molecule has 0 radical (unpaired) electrons. The Kier molecular flexibility index (Phi) is 28.1. The number of carbonyl (C=O) groups excluding carboxylic acids is 3. The van der Waals surface area contributed by atoms with Gasteiger partial charge < -0.3 is 14.6 Å². The summed E-state index contributed by atoms with van der Waals surface area (Å²) in [6.45, 7) is 6.23. The lowest BCUT2D eigenvalue weighted by Gasteiger charge is -2.15. The summed E-state index contributed by atoms with van der Waals surface area (Å²) in [5.41, 5.74) is 0. The molecule has 0 aliphatic carbocycles. The molecule has 0 aromatic carbocycles. The Balaban J connectivity index is 3.67. The largest absolute Gasteiger partial charge is 0.462 e. The van der Waals surface area contributed by atoms with E-state index in [2.05, 4.69) is 26.8 Å². The van der Waals surface area contributed by atoms with Crippen LogP contribution >= 0.6 is 0 Å². The van der Waals surface area contributed by atoms with E-state index in [1.807, 2.05) is 12.2 Å². The molecular formula is C35H62O6. The van der Waals surface area contributed by atoms with Crippen molar-refractivity contribution in [2.75, 3.05) is 13.2 Å². The van der Waals surface area contributed by atoms with Gasteiger partial charge in [-0.1, -0.05) is 122 Å². The molecule has 6 heteroatoms. The highest BCUT2D eigenvalue weighted by molar-refractivity contribution is 5.89. The van der Waals surface area contributed by atoms with Gasteiger partial charge in [-0.15, -0.1) is 0 Å². The predicted molar refractivity (Wildman–Crippen MR) is 169 cm³/mol. The van der Waals surface area contributed by atoms with E-state index in [1.165, 1.54) is 38.5 Å². The number of rotatable bonds is 29. The monoisotopic (exact) mass is 578 g/mol. The van der Waals surface area contributed by atoms with Crippen molar-refractivity contribution in [1.82, 2.24) is 0 Å². The van der Waals surface area contributed by atoms with Crippen LogP contribution < -0.4 is 0 Å². The number of hydrogen-bond donors (Lipinski definition) is 1. The predicted octanol–water partition coefficient (Wildman–Crippen LogP) is 8.98. The Morgan fingerprint density at radius 1 is 0.683 bits per heavy atom. The van der Waals surface area contributed by atoms with Crippen molar-refractivity contribution in [3.63, 3.8) is 0 Å². The van der Waals surface area contributed by atoms with Gasteiger partial charge in [0, 0.05) is 19.3 Å². The molecule has 0 amide bonds. The van der Waals surface area contributed by atoms with Crippen molar-refractivity contribution >= 4 is 17.7 Å². The van der Waals surface area contributed by atoms with Gasteiger partial charge in [0.25, 0.3) is 0 Å². The van der Waals surface area contributed by atoms with Gasteiger partial charge in [0.1, 0.15) is 6.61 Å². The van der Waals surface area contributed by atoms with Crippen molar-refractivity contribution in [3.8, 4) is 0 Å². The molecule has 1 atom stereocenters. The maximum atomic E-state index is 12.1. The summed E-state index contributed by atoms with van der Waals surface area (Å²) in [7, 11) is 0. The van der Waals surface area contributed by atoms with Crippen molar-refractivity contribution in [3.05, 3.63) is 24.3 Å². The lowest BCUT2D eigenvalue weighted by Crippen LogP contribution is -2.28. The van der Waals surface area contributed by atoms with E-state index in [-0.39, 0.29) is 30.9 Å². The number of esters is 2. The second-order valence-electron chi connectivity index (χ2n) is 11.8. The van der Waals surface area contributed by atoms with Gasteiger partial charge in [-0.3, -0.25) is 14.4 Å². The molecule has 0 saturated carbocycles. The third-order valence-electron chi connectivity index (χ3n) is 7.15. The molecule has 0 unspecified atom stereocenters. The first kappa shape index (κ1) is 39.0. The highest BCUT2D eigenvalue weighted by Crippen LogP contribution is 2.14. The highest BCUT2D eigenvalue weighted by atomic mass is 16.6. The zero-order valence-corrected chi connectivity index (χ0v) is 26.7. The van der Waals surface area contributed by atoms with Crippen molar-refractivity contribution in [1.29, 1.82) is 0 Å². The van der Waals surface area contributed by atoms with Crippen LogP contribution in [0.5, 0.6) is 0 Å². The first-order valence-electron chi connectivity index (χ1n) is 16.7. The zero-order valence-electron chi connectivity index (χ0n) is 26.7. The van der Waals surface area contributed by atoms with E-state index in [4.69, 9.17) is 9.47 Å². The zero-order chi connectivity index (χ0) is 30.4. The summed E-state index contributed by atoms with van der Waals surface area (Å²) in [6, 6.07) is 0. The summed E-state index contributed by atoms with van der Waals surface area (Å²) in [5, 5.41) is 9.48. The second-order valence-corrected chi connectivity index (χ2v) is 11.8. The lowest BCUT2D eigenvalue weighted by atomic mass is 10.0. The summed E-state index contributed by atoms with van der Waals surface area (Å²) in [4.78, 5) is 35.7. The number of allylic oxidation sites excluding steroid dienone is 4. The van der Waals surface area contributed by atoms with E-state index in [9.17, 15) is 19.5 Å². The normalized spacial score (nSPS) is 12.4. The summed E-state index contributed by atoms with van der Waals surface area (Å²) in [5.74, 6) is 0.341. The smallest absolute Gasteiger partial charge is 0.306 e. The fourth-order valence-electron chi connectivity index (χ4n) is 4.54. The van der Waals surface area contributed by atoms with E-state index in [0.29, 0.717) is 19.3 Å². The quantitative estimate of drug-likeness (QED) is 0.0412. The van der Waals surface area contributed by atoms with Crippen LogP contribution in [0.2, 0.25) is 0 Å². The first-order chi connectivity index (χ1) is 19.9. The minimum atomic E-state index is -0.792. The fraction of sp³-hybridized carbons (Fsp3) is 0.800. The molecule has 0 heterocycles. The molecule has 0 aromatic rings. The van der Waals surface area contributed by atoms with E-state index in [1.54, 1.807) is 6.08 Å². The molecule has 1 N–H and O–H groups in total. The molecule has 0 saturated heterocycles. The van der Waals surface area contributed by atoms with Gasteiger partial charge in [-0.05, 0) is 44.1 Å². The van der Waals surface area contributed by atoms with Crippen LogP contribution in [-0.2, 0) is 23.9 Å². The third kappa shape index (κ3) is 29.3. The van der Waals surface area contributed by atoms with Crippen LogP contribution in [0, 0.1) is 5.92 Å². The summed E-state index contributed by atoms with van der Waals surface area (Å²) < 4.78 is 10.5. The van der Waals surface area contributed by atoms with Gasteiger partial charge >= 0.3 is 11.9 Å². The molecule has 0 aliphatic rings. The Bertz CT molecular complexity index is 697. The molecule has 0 fully saturated rings. The fourth-order valence-corrected chi connectivity index (χ4v) is 4.54. The topological polar surface area (TPSA) is 89.9 Å². The van der Waals surface area contributed by atoms with Crippen LogP contribution in [0.4, 0.5) is 0 Å². The summed E-state index contributed by atoms with van der Waals surface area (Å²) in [6.07, 6.45) is 27.9. The number of aliphatic hydroxyl groups is 1. The average Bonchev–Trinajstić information content (AvgIpc) is 2.94. The summed E-state index contributed by atoms with van der Waals surface area (Å²) >= 11 is 0. The van der Waals surface area contributed by atoms with E-state index < -0.39 is 6.10 Å². The second kappa shape index (κ2) is 29.5. The molecule has 238 valence electrons. The van der Waals surface area contributed by atoms with Gasteiger partial charge in [-0.2, -0.15) is 0 Å². The third-order valence-corrected chi connectivity index (χ3v) is 7.15. The Hall–Kier alpha value is -1.95. The van der Waals surface area contributed by atoms with Gasteiger partial charge in [0.05, 0.1) is 6.61 Å². The van der Waals surface area contributed by atoms with Crippen LogP contribution in [-0.4, -0.2) is 42.1 Å². The molecule has 41 heavy (non-hydrogen) atoms. The Labute approximate surface area is 251 Å². The molecule has 0 spiro atoms. The van der Waals surface area contributed by atoms with Gasteiger partial charge in [-0.25, -0.2) is 0 Å². The maximum Gasteiger partial charge on any atom is 0.306 e.